The van der Waals surface area contributed by atoms with Gasteiger partial charge in [0.25, 0.3) is 5.91 Å². The molecule has 0 fully saturated rings. The van der Waals surface area contributed by atoms with E-state index in [4.69, 9.17) is 10.5 Å². The summed E-state index contributed by atoms with van der Waals surface area (Å²) in [5.41, 5.74) is 6.89. The highest BCUT2D eigenvalue weighted by molar-refractivity contribution is 5.95. The summed E-state index contributed by atoms with van der Waals surface area (Å²) in [5.74, 6) is -0.475. The van der Waals surface area contributed by atoms with Gasteiger partial charge in [-0.2, -0.15) is 5.10 Å². The number of nitrogens with zero attached hydrogens (tertiary/aromatic N) is 2. The highest BCUT2D eigenvalue weighted by Crippen LogP contribution is 2.18. The molecular weight excluding hydrogens is 297 g/mol. The molecule has 3 rings (SSSR count). The van der Waals surface area contributed by atoms with E-state index in [1.54, 1.807) is 53.3 Å². The van der Waals surface area contributed by atoms with Crippen molar-refractivity contribution in [3.63, 3.8) is 0 Å². The van der Waals surface area contributed by atoms with Gasteiger partial charge in [-0.3, -0.25) is 4.79 Å². The minimum absolute atomic E-state index is 0.173. The molecule has 116 valence electrons. The first-order valence-corrected chi connectivity index (χ1v) is 6.95. The van der Waals surface area contributed by atoms with Gasteiger partial charge in [-0.25, -0.2) is 9.07 Å². The maximum Gasteiger partial charge on any atom is 0.252 e. The van der Waals surface area contributed by atoms with E-state index in [1.807, 2.05) is 0 Å². The molecule has 0 saturated carbocycles. The van der Waals surface area contributed by atoms with Gasteiger partial charge in [-0.05, 0) is 36.4 Å². The van der Waals surface area contributed by atoms with E-state index in [0.29, 0.717) is 22.7 Å². The van der Waals surface area contributed by atoms with E-state index < -0.39 is 5.91 Å². The summed E-state index contributed by atoms with van der Waals surface area (Å²) in [5, 5.41) is 4.32. The van der Waals surface area contributed by atoms with Gasteiger partial charge < -0.3 is 10.5 Å². The van der Waals surface area contributed by atoms with Gasteiger partial charge >= 0.3 is 0 Å². The molecule has 3 aromatic rings. The number of amides is 1. The minimum atomic E-state index is -0.550. The van der Waals surface area contributed by atoms with E-state index in [9.17, 15) is 9.18 Å². The standard InChI is InChI=1S/C17H14FN3O2/c18-12-4-3-5-14(10-12)21-9-8-13(20-21)11-23-16-7-2-1-6-15(16)17(19)22/h1-10H,11H2,(H2,19,22). The highest BCUT2D eigenvalue weighted by atomic mass is 19.1. The third kappa shape index (κ3) is 3.37. The normalized spacial score (nSPS) is 10.5. The topological polar surface area (TPSA) is 70.1 Å². The Hall–Kier alpha value is -3.15. The first kappa shape index (κ1) is 14.8. The third-order valence-corrected chi connectivity index (χ3v) is 3.25. The molecule has 0 bridgehead atoms. The van der Waals surface area contributed by atoms with Crippen LogP contribution < -0.4 is 10.5 Å². The van der Waals surface area contributed by atoms with Gasteiger partial charge in [-0.15, -0.1) is 0 Å². The fourth-order valence-corrected chi connectivity index (χ4v) is 2.15. The number of carbonyl (C=O) groups is 1. The van der Waals surface area contributed by atoms with Gasteiger partial charge in [0, 0.05) is 6.20 Å². The Bertz CT molecular complexity index is 845. The average molecular weight is 311 g/mol. The monoisotopic (exact) mass is 311 g/mol. The number of halogens is 1. The maximum absolute atomic E-state index is 13.2. The molecule has 0 aliphatic heterocycles. The molecule has 2 N–H and O–H groups in total. The zero-order valence-electron chi connectivity index (χ0n) is 12.1. The number of aromatic nitrogens is 2. The molecule has 0 spiro atoms. The molecule has 0 atom stereocenters. The zero-order valence-corrected chi connectivity index (χ0v) is 12.1. The van der Waals surface area contributed by atoms with Crippen LogP contribution in [0.3, 0.4) is 0 Å². The number of ether oxygens (including phenoxy) is 1. The molecule has 6 heteroatoms. The number of benzene rings is 2. The van der Waals surface area contributed by atoms with Crippen LogP contribution in [0.4, 0.5) is 4.39 Å². The first-order chi connectivity index (χ1) is 11.1. The molecule has 0 unspecified atom stereocenters. The molecule has 1 aromatic heterocycles. The highest BCUT2D eigenvalue weighted by Gasteiger charge is 2.09. The number of hydrogen-bond acceptors (Lipinski definition) is 3. The summed E-state index contributed by atoms with van der Waals surface area (Å²) in [6.45, 7) is 0.173. The summed E-state index contributed by atoms with van der Waals surface area (Å²) in [7, 11) is 0. The Balaban J connectivity index is 1.74. The molecular formula is C17H14FN3O2. The van der Waals surface area contributed by atoms with Gasteiger partial charge in [-0.1, -0.05) is 18.2 Å². The number of para-hydroxylation sites is 1. The van der Waals surface area contributed by atoms with Crippen molar-refractivity contribution in [3.8, 4) is 11.4 Å². The first-order valence-electron chi connectivity index (χ1n) is 6.95. The molecule has 0 radical (unpaired) electrons. The molecule has 5 nitrogen and oxygen atoms in total. The molecule has 0 saturated heterocycles. The Morgan fingerprint density at radius 1 is 1.17 bits per heavy atom. The summed E-state index contributed by atoms with van der Waals surface area (Å²) in [6.07, 6.45) is 1.72. The van der Waals surface area contributed by atoms with Gasteiger partial charge in [0.1, 0.15) is 23.9 Å². The van der Waals surface area contributed by atoms with Gasteiger partial charge in [0.15, 0.2) is 0 Å². The van der Waals surface area contributed by atoms with Crippen molar-refractivity contribution in [3.05, 3.63) is 77.9 Å². The van der Waals surface area contributed by atoms with E-state index in [-0.39, 0.29) is 12.4 Å². The average Bonchev–Trinajstić information content (AvgIpc) is 3.02. The smallest absolute Gasteiger partial charge is 0.252 e. The van der Waals surface area contributed by atoms with Crippen LogP contribution in [0.15, 0.2) is 60.8 Å². The van der Waals surface area contributed by atoms with Crippen molar-refractivity contribution in [2.75, 3.05) is 0 Å². The van der Waals surface area contributed by atoms with Crippen LogP contribution >= 0.6 is 0 Å². The summed E-state index contributed by atoms with van der Waals surface area (Å²) in [6, 6.07) is 14.6. The van der Waals surface area contributed by atoms with E-state index in [2.05, 4.69) is 5.10 Å². The van der Waals surface area contributed by atoms with Crippen molar-refractivity contribution in [2.24, 2.45) is 5.73 Å². The second-order valence-electron chi connectivity index (χ2n) is 4.88. The predicted octanol–water partition coefficient (Wildman–Crippen LogP) is 2.69. The minimum Gasteiger partial charge on any atom is -0.486 e. The van der Waals surface area contributed by atoms with Crippen LogP contribution in [0.25, 0.3) is 5.69 Å². The van der Waals surface area contributed by atoms with Crippen molar-refractivity contribution < 1.29 is 13.9 Å². The quantitative estimate of drug-likeness (QED) is 0.787. The Morgan fingerprint density at radius 2 is 2.00 bits per heavy atom. The zero-order chi connectivity index (χ0) is 16.2. The lowest BCUT2D eigenvalue weighted by Gasteiger charge is -2.07. The summed E-state index contributed by atoms with van der Waals surface area (Å²) < 4.78 is 20.4. The predicted molar refractivity (Wildman–Crippen MR) is 82.8 cm³/mol. The van der Waals surface area contributed by atoms with Gasteiger partial charge in [0.2, 0.25) is 0 Å². The van der Waals surface area contributed by atoms with Crippen molar-refractivity contribution >= 4 is 5.91 Å². The second kappa shape index (κ2) is 6.31. The van der Waals surface area contributed by atoms with Gasteiger partial charge in [0.05, 0.1) is 11.3 Å². The number of rotatable bonds is 5. The van der Waals surface area contributed by atoms with E-state index >= 15 is 0 Å². The lowest BCUT2D eigenvalue weighted by Crippen LogP contribution is -2.13. The fourth-order valence-electron chi connectivity index (χ4n) is 2.15. The Morgan fingerprint density at radius 3 is 2.78 bits per heavy atom. The summed E-state index contributed by atoms with van der Waals surface area (Å²) >= 11 is 0. The maximum atomic E-state index is 13.2. The number of hydrogen-bond donors (Lipinski definition) is 1. The van der Waals surface area contributed by atoms with Crippen molar-refractivity contribution in [2.45, 2.75) is 6.61 Å². The molecule has 0 aliphatic rings. The summed E-state index contributed by atoms with van der Waals surface area (Å²) in [4.78, 5) is 11.3. The lowest BCUT2D eigenvalue weighted by molar-refractivity contribution is 0.0996. The van der Waals surface area contributed by atoms with Crippen molar-refractivity contribution in [1.29, 1.82) is 0 Å². The van der Waals surface area contributed by atoms with E-state index in [0.717, 1.165) is 0 Å². The third-order valence-electron chi connectivity index (χ3n) is 3.25. The second-order valence-corrected chi connectivity index (χ2v) is 4.88. The largest absolute Gasteiger partial charge is 0.486 e. The van der Waals surface area contributed by atoms with Crippen LogP contribution in [-0.4, -0.2) is 15.7 Å². The number of nitrogens with two attached hydrogens (primary N) is 1. The Labute approximate surface area is 132 Å². The SMILES string of the molecule is NC(=O)c1ccccc1OCc1ccn(-c2cccc(F)c2)n1. The molecule has 0 aliphatic carbocycles. The molecule has 1 amide bonds. The number of primary amides is 1. The van der Waals surface area contributed by atoms with Crippen LogP contribution in [0.2, 0.25) is 0 Å². The van der Waals surface area contributed by atoms with E-state index in [1.165, 1.54) is 12.1 Å². The van der Waals surface area contributed by atoms with Crippen LogP contribution in [-0.2, 0) is 6.61 Å². The molecule has 1 heterocycles. The Kier molecular flexibility index (Phi) is 4.05. The van der Waals surface area contributed by atoms with Crippen LogP contribution in [0.5, 0.6) is 5.75 Å². The molecule has 2 aromatic carbocycles. The number of carbonyl (C=O) groups excluding carboxylic acids is 1. The molecule has 23 heavy (non-hydrogen) atoms. The fraction of sp³-hybridized carbons (Fsp3) is 0.0588. The van der Waals surface area contributed by atoms with Crippen LogP contribution in [0.1, 0.15) is 16.1 Å². The van der Waals surface area contributed by atoms with Crippen LogP contribution in [0, 0.1) is 5.82 Å². The van der Waals surface area contributed by atoms with Crippen molar-refractivity contribution in [1.82, 2.24) is 9.78 Å². The lowest BCUT2D eigenvalue weighted by atomic mass is 10.2.